The standard InChI is InChI=1S/C16H15N3O2S/c1-12-2-4-13(5-3-12)16-10-11-18-19(16)14-6-8-15(9-7-14)22(17,20)21/h2-11H,1H3,(H2,17,20,21). The van der Waals surface area contributed by atoms with Crippen molar-refractivity contribution in [3.63, 3.8) is 0 Å². The molecule has 0 radical (unpaired) electrons. The fourth-order valence-electron chi connectivity index (χ4n) is 2.23. The monoisotopic (exact) mass is 313 g/mol. The van der Waals surface area contributed by atoms with Crippen LogP contribution in [0.1, 0.15) is 5.56 Å². The summed E-state index contributed by atoms with van der Waals surface area (Å²) < 4.78 is 24.4. The Kier molecular flexibility index (Phi) is 3.56. The van der Waals surface area contributed by atoms with E-state index in [0.29, 0.717) is 0 Å². The summed E-state index contributed by atoms with van der Waals surface area (Å²) in [5.41, 5.74) is 3.93. The van der Waals surface area contributed by atoms with E-state index in [2.05, 4.69) is 5.10 Å². The van der Waals surface area contributed by atoms with Crippen LogP contribution in [0.5, 0.6) is 0 Å². The highest BCUT2D eigenvalue weighted by Gasteiger charge is 2.10. The predicted molar refractivity (Wildman–Crippen MR) is 85.1 cm³/mol. The summed E-state index contributed by atoms with van der Waals surface area (Å²) in [6, 6.07) is 16.4. The molecule has 0 unspecified atom stereocenters. The largest absolute Gasteiger partial charge is 0.238 e. The number of nitrogens with two attached hydrogens (primary N) is 1. The lowest BCUT2D eigenvalue weighted by Crippen LogP contribution is -2.12. The van der Waals surface area contributed by atoms with Crippen LogP contribution in [0.2, 0.25) is 0 Å². The van der Waals surface area contributed by atoms with Crippen LogP contribution in [0.25, 0.3) is 16.9 Å². The topological polar surface area (TPSA) is 78.0 Å². The number of benzene rings is 2. The van der Waals surface area contributed by atoms with Crippen LogP contribution in [0.3, 0.4) is 0 Å². The molecule has 1 heterocycles. The summed E-state index contributed by atoms with van der Waals surface area (Å²) in [6.45, 7) is 2.03. The van der Waals surface area contributed by atoms with Crippen molar-refractivity contribution in [3.05, 3.63) is 66.4 Å². The molecule has 0 saturated carbocycles. The predicted octanol–water partition coefficient (Wildman–Crippen LogP) is 2.50. The first-order valence-electron chi connectivity index (χ1n) is 6.69. The molecule has 2 aromatic carbocycles. The van der Waals surface area contributed by atoms with Gasteiger partial charge in [0.25, 0.3) is 0 Å². The second-order valence-corrected chi connectivity index (χ2v) is 6.59. The Morgan fingerprint density at radius 1 is 0.955 bits per heavy atom. The zero-order valence-electron chi connectivity index (χ0n) is 12.0. The van der Waals surface area contributed by atoms with Gasteiger partial charge in [0, 0.05) is 5.56 Å². The first kappa shape index (κ1) is 14.5. The van der Waals surface area contributed by atoms with Gasteiger partial charge in [0.05, 0.1) is 22.5 Å². The molecule has 3 rings (SSSR count). The van der Waals surface area contributed by atoms with E-state index in [0.717, 1.165) is 16.9 Å². The fraction of sp³-hybridized carbons (Fsp3) is 0.0625. The van der Waals surface area contributed by atoms with E-state index < -0.39 is 10.0 Å². The lowest BCUT2D eigenvalue weighted by Gasteiger charge is -2.08. The summed E-state index contributed by atoms with van der Waals surface area (Å²) in [5, 5.41) is 9.42. The number of sulfonamides is 1. The van der Waals surface area contributed by atoms with E-state index in [1.54, 1.807) is 23.0 Å². The van der Waals surface area contributed by atoms with E-state index in [1.165, 1.54) is 17.7 Å². The number of hydrogen-bond donors (Lipinski definition) is 1. The molecular weight excluding hydrogens is 298 g/mol. The van der Waals surface area contributed by atoms with Crippen molar-refractivity contribution in [2.75, 3.05) is 0 Å². The van der Waals surface area contributed by atoms with Crippen molar-refractivity contribution in [3.8, 4) is 16.9 Å². The van der Waals surface area contributed by atoms with Crippen LogP contribution in [0.15, 0.2) is 65.7 Å². The lowest BCUT2D eigenvalue weighted by molar-refractivity contribution is 0.598. The van der Waals surface area contributed by atoms with Crippen molar-refractivity contribution >= 4 is 10.0 Å². The third-order valence-electron chi connectivity index (χ3n) is 3.40. The Bertz CT molecular complexity index is 895. The summed E-state index contributed by atoms with van der Waals surface area (Å²) in [7, 11) is -3.69. The average molecular weight is 313 g/mol. The number of nitrogens with zero attached hydrogens (tertiary/aromatic N) is 2. The molecule has 5 nitrogen and oxygen atoms in total. The van der Waals surface area contributed by atoms with Gasteiger partial charge in [0.2, 0.25) is 10.0 Å². The van der Waals surface area contributed by atoms with Crippen molar-refractivity contribution in [2.45, 2.75) is 11.8 Å². The second kappa shape index (κ2) is 5.40. The highest BCUT2D eigenvalue weighted by atomic mass is 32.2. The van der Waals surface area contributed by atoms with Gasteiger partial charge in [-0.3, -0.25) is 0 Å². The molecule has 0 aliphatic heterocycles. The summed E-state index contributed by atoms with van der Waals surface area (Å²) >= 11 is 0. The van der Waals surface area contributed by atoms with E-state index in [4.69, 9.17) is 5.14 Å². The highest BCUT2D eigenvalue weighted by molar-refractivity contribution is 7.89. The maximum atomic E-state index is 11.3. The number of hydrogen-bond acceptors (Lipinski definition) is 3. The molecule has 0 atom stereocenters. The number of primary sulfonamides is 1. The molecule has 0 fully saturated rings. The van der Waals surface area contributed by atoms with Crippen LogP contribution in [0.4, 0.5) is 0 Å². The van der Waals surface area contributed by atoms with Crippen LogP contribution in [-0.4, -0.2) is 18.2 Å². The van der Waals surface area contributed by atoms with Crippen LogP contribution in [-0.2, 0) is 10.0 Å². The van der Waals surface area contributed by atoms with E-state index in [1.807, 2.05) is 37.3 Å². The molecule has 22 heavy (non-hydrogen) atoms. The summed E-state index contributed by atoms with van der Waals surface area (Å²) in [4.78, 5) is 0.0836. The van der Waals surface area contributed by atoms with E-state index >= 15 is 0 Å². The van der Waals surface area contributed by atoms with Crippen molar-refractivity contribution in [1.29, 1.82) is 0 Å². The Labute approximate surface area is 129 Å². The molecular formula is C16H15N3O2S. The zero-order valence-corrected chi connectivity index (χ0v) is 12.8. The molecule has 0 saturated heterocycles. The third-order valence-corrected chi connectivity index (χ3v) is 4.33. The SMILES string of the molecule is Cc1ccc(-c2ccnn2-c2ccc(S(N)(=O)=O)cc2)cc1. The Hall–Kier alpha value is -2.44. The number of aromatic nitrogens is 2. The summed E-state index contributed by atoms with van der Waals surface area (Å²) in [5.74, 6) is 0. The molecule has 2 N–H and O–H groups in total. The minimum atomic E-state index is -3.69. The van der Waals surface area contributed by atoms with Crippen molar-refractivity contribution in [1.82, 2.24) is 9.78 Å². The highest BCUT2D eigenvalue weighted by Crippen LogP contribution is 2.23. The maximum absolute atomic E-state index is 11.3. The van der Waals surface area contributed by atoms with Gasteiger partial charge in [0.1, 0.15) is 0 Å². The second-order valence-electron chi connectivity index (χ2n) is 5.03. The maximum Gasteiger partial charge on any atom is 0.238 e. The van der Waals surface area contributed by atoms with Gasteiger partial charge in [-0.15, -0.1) is 0 Å². The molecule has 112 valence electrons. The molecule has 0 bridgehead atoms. The van der Waals surface area contributed by atoms with Crippen molar-refractivity contribution in [2.24, 2.45) is 5.14 Å². The fourth-order valence-corrected chi connectivity index (χ4v) is 2.74. The van der Waals surface area contributed by atoms with Gasteiger partial charge in [0.15, 0.2) is 0 Å². The van der Waals surface area contributed by atoms with Gasteiger partial charge in [-0.25, -0.2) is 18.2 Å². The zero-order chi connectivity index (χ0) is 15.7. The number of rotatable bonds is 3. The van der Waals surface area contributed by atoms with Crippen LogP contribution in [0, 0.1) is 6.92 Å². The van der Waals surface area contributed by atoms with Gasteiger partial charge >= 0.3 is 0 Å². The van der Waals surface area contributed by atoms with E-state index in [-0.39, 0.29) is 4.90 Å². The first-order valence-corrected chi connectivity index (χ1v) is 8.24. The van der Waals surface area contributed by atoms with Gasteiger partial charge < -0.3 is 0 Å². The molecule has 0 spiro atoms. The van der Waals surface area contributed by atoms with Gasteiger partial charge in [-0.05, 0) is 37.3 Å². The Morgan fingerprint density at radius 2 is 1.59 bits per heavy atom. The van der Waals surface area contributed by atoms with Crippen LogP contribution >= 0.6 is 0 Å². The van der Waals surface area contributed by atoms with Gasteiger partial charge in [-0.2, -0.15) is 5.10 Å². The first-order chi connectivity index (χ1) is 10.4. The molecule has 1 aromatic heterocycles. The molecule has 0 aliphatic carbocycles. The molecule has 3 aromatic rings. The normalized spacial score (nSPS) is 11.5. The van der Waals surface area contributed by atoms with E-state index in [9.17, 15) is 8.42 Å². The third kappa shape index (κ3) is 2.79. The lowest BCUT2D eigenvalue weighted by atomic mass is 10.1. The molecule has 0 amide bonds. The minimum Gasteiger partial charge on any atom is -0.233 e. The quantitative estimate of drug-likeness (QED) is 0.807. The van der Waals surface area contributed by atoms with Crippen molar-refractivity contribution < 1.29 is 8.42 Å². The molecule has 0 aliphatic rings. The number of aryl methyl sites for hydroxylation is 1. The van der Waals surface area contributed by atoms with Gasteiger partial charge in [-0.1, -0.05) is 29.8 Å². The van der Waals surface area contributed by atoms with Crippen LogP contribution < -0.4 is 5.14 Å². The summed E-state index contributed by atoms with van der Waals surface area (Å²) in [6.07, 6.45) is 1.71. The Balaban J connectivity index is 2.03. The Morgan fingerprint density at radius 3 is 2.18 bits per heavy atom. The molecule has 6 heteroatoms. The average Bonchev–Trinajstić information content (AvgIpc) is 2.97. The minimum absolute atomic E-state index is 0.0836. The smallest absolute Gasteiger partial charge is 0.233 e.